The van der Waals surface area contributed by atoms with Crippen LogP contribution in [0.2, 0.25) is 0 Å². The van der Waals surface area contributed by atoms with Crippen molar-refractivity contribution in [3.05, 3.63) is 97.3 Å². The first kappa shape index (κ1) is 19.5. The van der Waals surface area contributed by atoms with Crippen LogP contribution in [0.4, 0.5) is 5.69 Å². The number of aromatic hydroxyl groups is 1. The van der Waals surface area contributed by atoms with Crippen LogP contribution in [0.3, 0.4) is 0 Å². The summed E-state index contributed by atoms with van der Waals surface area (Å²) in [4.78, 5) is 3.32. The van der Waals surface area contributed by atoms with Gasteiger partial charge in [-0.3, -0.25) is 0 Å². The zero-order valence-electron chi connectivity index (χ0n) is 18.3. The Labute approximate surface area is 192 Å². The minimum Gasteiger partial charge on any atom is -0.508 e. The second-order valence-electron chi connectivity index (χ2n) is 8.47. The summed E-state index contributed by atoms with van der Waals surface area (Å²) in [6.45, 7) is 1.77. The number of rotatable bonds is 6. The summed E-state index contributed by atoms with van der Waals surface area (Å²) in [6, 6.07) is 28.9. The number of H-pyrrole nitrogens is 1. The Hall–Kier alpha value is -4.18. The average Bonchev–Trinajstić information content (AvgIpc) is 3.45. The summed E-state index contributed by atoms with van der Waals surface area (Å²) >= 11 is 0. The molecular formula is C29H25N3O. The first-order valence-corrected chi connectivity index (χ1v) is 11.4. The number of para-hydroxylation sites is 1. The summed E-state index contributed by atoms with van der Waals surface area (Å²) in [6.07, 6.45) is 5.14. The zero-order chi connectivity index (χ0) is 22.2. The molecule has 0 spiro atoms. The number of aromatic amines is 1. The van der Waals surface area contributed by atoms with Gasteiger partial charge in [-0.2, -0.15) is 0 Å². The molecule has 0 aliphatic heterocycles. The van der Waals surface area contributed by atoms with E-state index in [0.717, 1.165) is 36.1 Å². The van der Waals surface area contributed by atoms with E-state index in [4.69, 9.17) is 0 Å². The van der Waals surface area contributed by atoms with Crippen LogP contribution in [0.5, 0.6) is 5.75 Å². The third-order valence-corrected chi connectivity index (χ3v) is 6.42. The number of anilines is 1. The Balaban J connectivity index is 1.48. The van der Waals surface area contributed by atoms with E-state index in [0.29, 0.717) is 5.75 Å². The van der Waals surface area contributed by atoms with E-state index in [1.807, 2.05) is 18.2 Å². The molecule has 0 radical (unpaired) electrons. The Kier molecular flexibility index (Phi) is 4.76. The van der Waals surface area contributed by atoms with Crippen LogP contribution in [0.25, 0.3) is 43.7 Å². The highest BCUT2D eigenvalue weighted by atomic mass is 16.3. The first-order valence-electron chi connectivity index (χ1n) is 11.4. The molecule has 6 aromatic rings. The summed E-state index contributed by atoms with van der Waals surface area (Å²) in [7, 11) is 0. The van der Waals surface area contributed by atoms with Crippen molar-refractivity contribution in [1.82, 2.24) is 9.55 Å². The fraction of sp³-hybridized carbons (Fsp3) is 0.103. The number of hydrogen-bond acceptors (Lipinski definition) is 2. The fourth-order valence-electron chi connectivity index (χ4n) is 4.93. The van der Waals surface area contributed by atoms with Gasteiger partial charge in [0.15, 0.2) is 0 Å². The van der Waals surface area contributed by atoms with Crippen molar-refractivity contribution in [1.29, 1.82) is 0 Å². The van der Waals surface area contributed by atoms with Gasteiger partial charge >= 0.3 is 0 Å². The van der Waals surface area contributed by atoms with Gasteiger partial charge in [0.1, 0.15) is 5.75 Å². The van der Waals surface area contributed by atoms with Crippen LogP contribution in [0, 0.1) is 0 Å². The van der Waals surface area contributed by atoms with Crippen molar-refractivity contribution in [2.24, 2.45) is 0 Å². The largest absolute Gasteiger partial charge is 0.508 e. The number of nitrogens with zero attached hydrogens (tertiary/aromatic N) is 1. The molecule has 0 saturated carbocycles. The highest BCUT2D eigenvalue weighted by molar-refractivity contribution is 6.23. The van der Waals surface area contributed by atoms with Crippen LogP contribution in [0.15, 0.2) is 97.3 Å². The SMILES string of the molecule is Oc1ccc2c(c1)c1c3c[nH]cc3c(-c3ccccc3)cc1n2CCCNc1ccccc1. The van der Waals surface area contributed by atoms with Crippen molar-refractivity contribution in [3.8, 4) is 16.9 Å². The number of phenols is 1. The number of phenolic OH excluding ortho intramolecular Hbond substituents is 1. The smallest absolute Gasteiger partial charge is 0.116 e. The minimum absolute atomic E-state index is 0.295. The van der Waals surface area contributed by atoms with Crippen LogP contribution in [0.1, 0.15) is 6.42 Å². The third-order valence-electron chi connectivity index (χ3n) is 6.42. The Morgan fingerprint density at radius 2 is 1.52 bits per heavy atom. The number of nitrogens with one attached hydrogen (secondary N) is 2. The lowest BCUT2D eigenvalue weighted by molar-refractivity contribution is 0.476. The highest BCUT2D eigenvalue weighted by Gasteiger charge is 2.17. The van der Waals surface area contributed by atoms with Gasteiger partial charge in [0, 0.05) is 58.2 Å². The second kappa shape index (κ2) is 8.06. The summed E-state index contributed by atoms with van der Waals surface area (Å²) in [5, 5.41) is 18.4. The predicted molar refractivity (Wildman–Crippen MR) is 138 cm³/mol. The van der Waals surface area contributed by atoms with Gasteiger partial charge in [-0.25, -0.2) is 0 Å². The van der Waals surface area contributed by atoms with Crippen LogP contribution in [-0.2, 0) is 6.54 Å². The minimum atomic E-state index is 0.295. The van der Waals surface area contributed by atoms with Gasteiger partial charge < -0.3 is 20.0 Å². The van der Waals surface area contributed by atoms with E-state index < -0.39 is 0 Å². The molecule has 4 aromatic carbocycles. The maximum atomic E-state index is 10.3. The van der Waals surface area contributed by atoms with Crippen LogP contribution >= 0.6 is 0 Å². The second-order valence-corrected chi connectivity index (χ2v) is 8.47. The highest BCUT2D eigenvalue weighted by Crippen LogP contribution is 2.41. The number of aryl methyl sites for hydroxylation is 1. The molecule has 0 aliphatic rings. The molecule has 4 heteroatoms. The van der Waals surface area contributed by atoms with Gasteiger partial charge in [-0.05, 0) is 53.9 Å². The molecule has 0 amide bonds. The average molecular weight is 432 g/mol. The van der Waals surface area contributed by atoms with Gasteiger partial charge in [-0.15, -0.1) is 0 Å². The molecule has 0 aliphatic carbocycles. The van der Waals surface area contributed by atoms with Gasteiger partial charge in [0.2, 0.25) is 0 Å². The van der Waals surface area contributed by atoms with Gasteiger partial charge in [-0.1, -0.05) is 48.5 Å². The monoisotopic (exact) mass is 431 g/mol. The quantitative estimate of drug-likeness (QED) is 0.245. The topological polar surface area (TPSA) is 53.0 Å². The first-order chi connectivity index (χ1) is 16.3. The lowest BCUT2D eigenvalue weighted by atomic mass is 9.97. The molecular weight excluding hydrogens is 406 g/mol. The summed E-state index contributed by atoms with van der Waals surface area (Å²) in [5.74, 6) is 0.295. The van der Waals surface area contributed by atoms with E-state index in [2.05, 4.69) is 87.9 Å². The molecule has 6 rings (SSSR count). The maximum absolute atomic E-state index is 10.3. The molecule has 4 nitrogen and oxygen atoms in total. The van der Waals surface area contributed by atoms with Crippen molar-refractivity contribution in [2.45, 2.75) is 13.0 Å². The lowest BCUT2D eigenvalue weighted by Crippen LogP contribution is -2.06. The maximum Gasteiger partial charge on any atom is 0.116 e. The lowest BCUT2D eigenvalue weighted by Gasteiger charge is -2.11. The van der Waals surface area contributed by atoms with Crippen LogP contribution < -0.4 is 5.32 Å². The molecule has 2 aromatic heterocycles. The van der Waals surface area contributed by atoms with E-state index in [1.54, 1.807) is 6.07 Å². The van der Waals surface area contributed by atoms with Crippen LogP contribution in [-0.4, -0.2) is 21.2 Å². The molecule has 0 bridgehead atoms. The standard InChI is InChI=1S/C29H25N3O/c33-22-12-13-27-24(16-22)29-26-19-30-18-25(26)23(20-8-3-1-4-9-20)17-28(29)32(27)15-7-14-31-21-10-5-2-6-11-21/h1-6,8-13,16-19,30-31,33H,7,14-15H2. The number of aromatic nitrogens is 2. The fourth-order valence-corrected chi connectivity index (χ4v) is 4.93. The summed E-state index contributed by atoms with van der Waals surface area (Å²) < 4.78 is 2.40. The number of fused-ring (bicyclic) bond motifs is 5. The molecule has 0 unspecified atom stereocenters. The number of hydrogen-bond donors (Lipinski definition) is 3. The molecule has 3 N–H and O–H groups in total. The molecule has 0 atom stereocenters. The molecule has 0 saturated heterocycles. The molecule has 0 fully saturated rings. The van der Waals surface area contributed by atoms with Crippen molar-refractivity contribution < 1.29 is 5.11 Å². The number of benzene rings is 4. The van der Waals surface area contributed by atoms with Gasteiger partial charge in [0.05, 0.1) is 5.52 Å². The van der Waals surface area contributed by atoms with E-state index in [9.17, 15) is 5.11 Å². The van der Waals surface area contributed by atoms with Crippen molar-refractivity contribution in [2.75, 3.05) is 11.9 Å². The van der Waals surface area contributed by atoms with Gasteiger partial charge in [0.25, 0.3) is 0 Å². The Morgan fingerprint density at radius 3 is 2.33 bits per heavy atom. The Bertz CT molecular complexity index is 1560. The van der Waals surface area contributed by atoms with Crippen molar-refractivity contribution >= 4 is 38.3 Å². The normalized spacial score (nSPS) is 11.5. The van der Waals surface area contributed by atoms with E-state index >= 15 is 0 Å². The molecule has 33 heavy (non-hydrogen) atoms. The molecule has 2 heterocycles. The predicted octanol–water partition coefficient (Wildman–Crippen LogP) is 7.15. The zero-order valence-corrected chi connectivity index (χ0v) is 18.3. The Morgan fingerprint density at radius 1 is 0.758 bits per heavy atom. The van der Waals surface area contributed by atoms with Crippen molar-refractivity contribution in [3.63, 3.8) is 0 Å². The molecule has 162 valence electrons. The summed E-state index contributed by atoms with van der Waals surface area (Å²) in [5.41, 5.74) is 5.91. The van der Waals surface area contributed by atoms with E-state index in [1.165, 1.54) is 32.8 Å². The third kappa shape index (κ3) is 3.40. The van der Waals surface area contributed by atoms with E-state index in [-0.39, 0.29) is 0 Å².